The molecule has 0 saturated carbocycles. The first-order chi connectivity index (χ1) is 8.75. The molecule has 0 radical (unpaired) electrons. The summed E-state index contributed by atoms with van der Waals surface area (Å²) >= 11 is 1.48. The second-order valence-electron chi connectivity index (χ2n) is 5.30. The van der Waals surface area contributed by atoms with E-state index < -0.39 is 0 Å². The largest absolute Gasteiger partial charge is 0.360 e. The molecule has 0 amide bonds. The summed E-state index contributed by atoms with van der Waals surface area (Å²) in [7, 11) is 0. The number of rotatable bonds is 6. The number of hydrogen-bond donors (Lipinski definition) is 1. The van der Waals surface area contributed by atoms with Gasteiger partial charge in [-0.3, -0.25) is 0 Å². The van der Waals surface area contributed by atoms with Crippen LogP contribution in [0.25, 0.3) is 0 Å². The minimum absolute atomic E-state index is 0.421. The third kappa shape index (κ3) is 4.21. The van der Waals surface area contributed by atoms with Crippen molar-refractivity contribution in [1.29, 1.82) is 0 Å². The quantitative estimate of drug-likeness (QED) is 0.805. The Morgan fingerprint density at radius 3 is 2.72 bits per heavy atom. The molecule has 5 heteroatoms. The lowest BCUT2D eigenvalue weighted by Gasteiger charge is -2.26. The van der Waals surface area contributed by atoms with Crippen LogP contribution in [0, 0.1) is 0 Å². The van der Waals surface area contributed by atoms with Crippen molar-refractivity contribution in [2.45, 2.75) is 45.4 Å². The van der Waals surface area contributed by atoms with Gasteiger partial charge in [0.2, 0.25) is 5.13 Å². The van der Waals surface area contributed by atoms with Crippen molar-refractivity contribution in [2.75, 3.05) is 31.5 Å². The maximum Gasteiger partial charge on any atom is 0.202 e. The van der Waals surface area contributed by atoms with Crippen LogP contribution >= 0.6 is 11.5 Å². The summed E-state index contributed by atoms with van der Waals surface area (Å²) in [6, 6.07) is 0. The molecule has 0 spiro atoms. The molecule has 0 aliphatic carbocycles. The van der Waals surface area contributed by atoms with Crippen molar-refractivity contribution < 1.29 is 0 Å². The molecular formula is C13H24N4S. The van der Waals surface area contributed by atoms with Gasteiger partial charge in [0.1, 0.15) is 5.82 Å². The van der Waals surface area contributed by atoms with Gasteiger partial charge in [-0.25, -0.2) is 4.98 Å². The average molecular weight is 268 g/mol. The molecule has 0 unspecified atom stereocenters. The maximum atomic E-state index is 4.48. The van der Waals surface area contributed by atoms with Crippen LogP contribution in [0.2, 0.25) is 0 Å². The average Bonchev–Trinajstić information content (AvgIpc) is 2.85. The molecule has 0 atom stereocenters. The standard InChI is InChI=1S/C13H24N4S/c1-11(2)12-15-13(18-16-12)14-7-6-10-17-8-4-3-5-9-17/h11H,3-10H2,1-2H3,(H,14,15,16). The van der Waals surface area contributed by atoms with E-state index in [0.29, 0.717) is 5.92 Å². The van der Waals surface area contributed by atoms with Crippen molar-refractivity contribution in [2.24, 2.45) is 0 Å². The van der Waals surface area contributed by atoms with E-state index in [1.807, 2.05) is 0 Å². The molecule has 0 bridgehead atoms. The van der Waals surface area contributed by atoms with Crippen LogP contribution in [0.1, 0.15) is 51.3 Å². The normalized spacial score (nSPS) is 17.3. The van der Waals surface area contributed by atoms with Crippen LogP contribution in [0.3, 0.4) is 0 Å². The van der Waals surface area contributed by atoms with Crippen LogP contribution in [-0.2, 0) is 0 Å². The van der Waals surface area contributed by atoms with Crippen LogP contribution in [0.15, 0.2) is 0 Å². The summed E-state index contributed by atoms with van der Waals surface area (Å²) < 4.78 is 4.34. The zero-order valence-corrected chi connectivity index (χ0v) is 12.3. The summed E-state index contributed by atoms with van der Waals surface area (Å²) in [5.74, 6) is 1.38. The van der Waals surface area contributed by atoms with Gasteiger partial charge in [-0.05, 0) is 38.9 Å². The summed E-state index contributed by atoms with van der Waals surface area (Å²) in [6.45, 7) is 9.04. The third-order valence-electron chi connectivity index (χ3n) is 3.33. The molecule has 1 aliphatic heterocycles. The number of likely N-dealkylation sites (tertiary alicyclic amines) is 1. The molecule has 1 aromatic heterocycles. The molecule has 2 rings (SSSR count). The molecule has 1 fully saturated rings. The van der Waals surface area contributed by atoms with Gasteiger partial charge < -0.3 is 10.2 Å². The van der Waals surface area contributed by atoms with E-state index in [2.05, 4.69) is 33.4 Å². The highest BCUT2D eigenvalue weighted by molar-refractivity contribution is 7.09. The third-order valence-corrected chi connectivity index (χ3v) is 4.02. The smallest absolute Gasteiger partial charge is 0.202 e. The van der Waals surface area contributed by atoms with E-state index in [0.717, 1.165) is 17.5 Å². The van der Waals surface area contributed by atoms with Gasteiger partial charge in [-0.2, -0.15) is 4.37 Å². The van der Waals surface area contributed by atoms with E-state index >= 15 is 0 Å². The number of nitrogens with zero attached hydrogens (tertiary/aromatic N) is 3. The second kappa shape index (κ2) is 7.04. The van der Waals surface area contributed by atoms with E-state index in [-0.39, 0.29) is 0 Å². The summed E-state index contributed by atoms with van der Waals surface area (Å²) in [5.41, 5.74) is 0. The first-order valence-electron chi connectivity index (χ1n) is 7.05. The minimum Gasteiger partial charge on any atom is -0.360 e. The van der Waals surface area contributed by atoms with E-state index in [1.165, 1.54) is 56.9 Å². The van der Waals surface area contributed by atoms with Crippen molar-refractivity contribution in [3.63, 3.8) is 0 Å². The Kier molecular flexibility index (Phi) is 5.38. The molecule has 2 heterocycles. The topological polar surface area (TPSA) is 41.1 Å². The number of piperidine rings is 1. The Morgan fingerprint density at radius 2 is 2.06 bits per heavy atom. The zero-order chi connectivity index (χ0) is 12.8. The van der Waals surface area contributed by atoms with Crippen LogP contribution in [0.4, 0.5) is 5.13 Å². The molecule has 18 heavy (non-hydrogen) atoms. The monoisotopic (exact) mass is 268 g/mol. The lowest BCUT2D eigenvalue weighted by molar-refractivity contribution is 0.228. The van der Waals surface area contributed by atoms with Gasteiger partial charge in [-0.1, -0.05) is 20.3 Å². The fourth-order valence-electron chi connectivity index (χ4n) is 2.22. The lowest BCUT2D eigenvalue weighted by Crippen LogP contribution is -2.31. The first kappa shape index (κ1) is 13.7. The van der Waals surface area contributed by atoms with Crippen molar-refractivity contribution in [3.05, 3.63) is 5.82 Å². The van der Waals surface area contributed by atoms with Gasteiger partial charge in [0.15, 0.2) is 0 Å². The van der Waals surface area contributed by atoms with Crippen LogP contribution in [0.5, 0.6) is 0 Å². The molecule has 0 aromatic carbocycles. The highest BCUT2D eigenvalue weighted by Gasteiger charge is 2.10. The molecule has 1 aromatic rings. The van der Waals surface area contributed by atoms with Crippen LogP contribution < -0.4 is 5.32 Å². The number of nitrogens with one attached hydrogen (secondary N) is 1. The fourth-order valence-corrected chi connectivity index (χ4v) is 2.95. The molecule has 102 valence electrons. The van der Waals surface area contributed by atoms with E-state index in [9.17, 15) is 0 Å². The fraction of sp³-hybridized carbons (Fsp3) is 0.846. The Hall–Kier alpha value is -0.680. The summed E-state index contributed by atoms with van der Waals surface area (Å²) in [4.78, 5) is 7.05. The summed E-state index contributed by atoms with van der Waals surface area (Å²) in [6.07, 6.45) is 5.36. The Bertz CT molecular complexity index is 345. The van der Waals surface area contributed by atoms with E-state index in [1.54, 1.807) is 0 Å². The van der Waals surface area contributed by atoms with Crippen molar-refractivity contribution in [3.8, 4) is 0 Å². The number of hydrogen-bond acceptors (Lipinski definition) is 5. The van der Waals surface area contributed by atoms with Gasteiger partial charge in [0, 0.05) is 24.0 Å². The molecule has 1 N–H and O–H groups in total. The zero-order valence-electron chi connectivity index (χ0n) is 11.5. The molecular weight excluding hydrogens is 244 g/mol. The van der Waals surface area contributed by atoms with Gasteiger partial charge >= 0.3 is 0 Å². The van der Waals surface area contributed by atoms with Gasteiger partial charge in [-0.15, -0.1) is 0 Å². The lowest BCUT2D eigenvalue weighted by atomic mass is 10.1. The number of aromatic nitrogens is 2. The Balaban J connectivity index is 1.62. The Labute approximate surface area is 114 Å². The van der Waals surface area contributed by atoms with Gasteiger partial charge in [0.25, 0.3) is 0 Å². The summed E-state index contributed by atoms with van der Waals surface area (Å²) in [5, 5.41) is 4.35. The predicted octanol–water partition coefficient (Wildman–Crippen LogP) is 2.95. The van der Waals surface area contributed by atoms with Gasteiger partial charge in [0.05, 0.1) is 0 Å². The van der Waals surface area contributed by atoms with Crippen LogP contribution in [-0.4, -0.2) is 40.4 Å². The van der Waals surface area contributed by atoms with E-state index in [4.69, 9.17) is 0 Å². The highest BCUT2D eigenvalue weighted by atomic mass is 32.1. The second-order valence-corrected chi connectivity index (χ2v) is 6.05. The molecule has 4 nitrogen and oxygen atoms in total. The SMILES string of the molecule is CC(C)c1nsc(NCCCN2CCCCC2)n1. The molecule has 1 aliphatic rings. The number of anilines is 1. The minimum atomic E-state index is 0.421. The molecule has 1 saturated heterocycles. The highest BCUT2D eigenvalue weighted by Crippen LogP contribution is 2.17. The first-order valence-corrected chi connectivity index (χ1v) is 7.83. The predicted molar refractivity (Wildman–Crippen MR) is 77.4 cm³/mol. The van der Waals surface area contributed by atoms with Crippen molar-refractivity contribution >= 4 is 16.7 Å². The van der Waals surface area contributed by atoms with Crippen molar-refractivity contribution in [1.82, 2.24) is 14.3 Å². The maximum absolute atomic E-state index is 4.48. The Morgan fingerprint density at radius 1 is 1.28 bits per heavy atom.